The van der Waals surface area contributed by atoms with E-state index in [0.717, 1.165) is 38.2 Å². The van der Waals surface area contributed by atoms with E-state index in [1.807, 2.05) is 12.3 Å². The molecular formula is C20H26N6S. The average molecular weight is 383 g/mol. The van der Waals surface area contributed by atoms with E-state index in [2.05, 4.69) is 67.0 Å². The number of aryl methyl sites for hydroxylation is 1. The largest absolute Gasteiger partial charge is 0.370 e. The number of thiophene rings is 1. The number of benzene rings is 1. The van der Waals surface area contributed by atoms with Gasteiger partial charge in [0.05, 0.1) is 12.9 Å². The monoisotopic (exact) mass is 382 g/mol. The van der Waals surface area contributed by atoms with Crippen molar-refractivity contribution in [2.24, 2.45) is 10.7 Å². The molecule has 0 saturated heterocycles. The Morgan fingerprint density at radius 2 is 2.11 bits per heavy atom. The summed E-state index contributed by atoms with van der Waals surface area (Å²) in [5.74, 6) is 0.503. The summed E-state index contributed by atoms with van der Waals surface area (Å²) in [5, 5.41) is 5.34. The van der Waals surface area contributed by atoms with Crippen LogP contribution in [-0.4, -0.2) is 35.6 Å². The minimum Gasteiger partial charge on any atom is -0.370 e. The number of anilines is 1. The van der Waals surface area contributed by atoms with Crippen molar-refractivity contribution in [2.75, 3.05) is 24.5 Å². The molecule has 1 aromatic carbocycles. The molecule has 0 unspecified atom stereocenters. The highest BCUT2D eigenvalue weighted by Crippen LogP contribution is 2.18. The topological polar surface area (TPSA) is 82.3 Å². The third kappa shape index (κ3) is 6.45. The lowest BCUT2D eigenvalue weighted by molar-refractivity contribution is 0.751. The lowest BCUT2D eigenvalue weighted by atomic mass is 10.2. The van der Waals surface area contributed by atoms with Crippen molar-refractivity contribution < 1.29 is 0 Å². The van der Waals surface area contributed by atoms with Crippen LogP contribution in [0.25, 0.3) is 0 Å². The summed E-state index contributed by atoms with van der Waals surface area (Å²) in [6, 6.07) is 14.7. The predicted octanol–water partition coefficient (Wildman–Crippen LogP) is 3.01. The molecule has 4 N–H and O–H groups in total. The molecule has 0 amide bonds. The van der Waals surface area contributed by atoms with Crippen LogP contribution in [0.15, 0.2) is 65.4 Å². The maximum absolute atomic E-state index is 6.00. The molecular weight excluding hydrogens is 356 g/mol. The zero-order chi connectivity index (χ0) is 18.7. The van der Waals surface area contributed by atoms with E-state index >= 15 is 0 Å². The Morgan fingerprint density at radius 1 is 1.22 bits per heavy atom. The molecule has 7 heteroatoms. The van der Waals surface area contributed by atoms with Crippen molar-refractivity contribution in [3.63, 3.8) is 0 Å². The van der Waals surface area contributed by atoms with Crippen molar-refractivity contribution in [1.29, 1.82) is 0 Å². The smallest absolute Gasteiger partial charge is 0.188 e. The van der Waals surface area contributed by atoms with Crippen molar-refractivity contribution in [2.45, 2.75) is 19.4 Å². The van der Waals surface area contributed by atoms with Crippen molar-refractivity contribution >= 4 is 23.0 Å². The number of rotatable bonds is 10. The number of hydrogen-bond acceptors (Lipinski definition) is 4. The first-order valence-electron chi connectivity index (χ1n) is 9.14. The van der Waals surface area contributed by atoms with Crippen LogP contribution in [0.2, 0.25) is 0 Å². The summed E-state index contributed by atoms with van der Waals surface area (Å²) < 4.78 is 0. The van der Waals surface area contributed by atoms with Crippen molar-refractivity contribution in [3.8, 4) is 0 Å². The summed E-state index contributed by atoms with van der Waals surface area (Å²) in [7, 11) is 0. The van der Waals surface area contributed by atoms with Gasteiger partial charge < -0.3 is 20.9 Å². The SMILES string of the molecule is NC(=NCCCc1cnc[nH]1)NCCN(Cc1cccs1)c1ccccc1. The zero-order valence-electron chi connectivity index (χ0n) is 15.3. The van der Waals surface area contributed by atoms with Crippen molar-refractivity contribution in [1.82, 2.24) is 15.3 Å². The van der Waals surface area contributed by atoms with Crippen LogP contribution in [0.1, 0.15) is 17.0 Å². The lowest BCUT2D eigenvalue weighted by Gasteiger charge is -2.24. The zero-order valence-corrected chi connectivity index (χ0v) is 16.2. The number of para-hydroxylation sites is 1. The van der Waals surface area contributed by atoms with Crippen LogP contribution in [0.3, 0.4) is 0 Å². The molecule has 0 spiro atoms. The van der Waals surface area contributed by atoms with E-state index in [1.165, 1.54) is 10.6 Å². The molecule has 0 saturated carbocycles. The number of H-pyrrole nitrogens is 1. The number of guanidine groups is 1. The Kier molecular flexibility index (Phi) is 7.29. The van der Waals surface area contributed by atoms with Crippen LogP contribution in [0.5, 0.6) is 0 Å². The van der Waals surface area contributed by atoms with Crippen molar-refractivity contribution in [3.05, 3.63) is 70.9 Å². The van der Waals surface area contributed by atoms with Gasteiger partial charge in [-0.2, -0.15) is 0 Å². The minimum atomic E-state index is 0.503. The van der Waals surface area contributed by atoms with Crippen LogP contribution < -0.4 is 16.0 Å². The summed E-state index contributed by atoms with van der Waals surface area (Å²) in [6.07, 6.45) is 5.42. The number of nitrogens with zero attached hydrogens (tertiary/aromatic N) is 3. The van der Waals surface area contributed by atoms with Gasteiger partial charge in [0.15, 0.2) is 5.96 Å². The van der Waals surface area contributed by atoms with E-state index in [9.17, 15) is 0 Å². The van der Waals surface area contributed by atoms with E-state index < -0.39 is 0 Å². The molecule has 142 valence electrons. The second-order valence-corrected chi connectivity index (χ2v) is 7.24. The molecule has 0 aliphatic rings. The normalized spacial score (nSPS) is 11.5. The molecule has 3 rings (SSSR count). The molecule has 27 heavy (non-hydrogen) atoms. The third-order valence-corrected chi connectivity index (χ3v) is 5.04. The number of aromatic nitrogens is 2. The fraction of sp³-hybridized carbons (Fsp3) is 0.300. The molecule has 0 bridgehead atoms. The number of aliphatic imine (C=N–C) groups is 1. The highest BCUT2D eigenvalue weighted by molar-refractivity contribution is 7.09. The van der Waals surface area contributed by atoms with Crippen LogP contribution in [0, 0.1) is 0 Å². The third-order valence-electron chi connectivity index (χ3n) is 4.18. The van der Waals surface area contributed by atoms with E-state index in [0.29, 0.717) is 12.5 Å². The van der Waals surface area contributed by atoms with Crippen LogP contribution in [-0.2, 0) is 13.0 Å². The van der Waals surface area contributed by atoms with Gasteiger partial charge in [-0.05, 0) is 36.4 Å². The first kappa shape index (κ1) is 19.0. The highest BCUT2D eigenvalue weighted by Gasteiger charge is 2.08. The van der Waals surface area contributed by atoms with E-state index in [1.54, 1.807) is 17.7 Å². The van der Waals surface area contributed by atoms with Gasteiger partial charge in [0, 0.05) is 42.1 Å². The van der Waals surface area contributed by atoms with Gasteiger partial charge in [-0.1, -0.05) is 24.3 Å². The number of aromatic amines is 1. The summed E-state index contributed by atoms with van der Waals surface area (Å²) in [6.45, 7) is 3.20. The average Bonchev–Trinajstić information content (AvgIpc) is 3.39. The molecule has 3 aromatic rings. The maximum Gasteiger partial charge on any atom is 0.188 e. The van der Waals surface area contributed by atoms with E-state index in [4.69, 9.17) is 5.73 Å². The highest BCUT2D eigenvalue weighted by atomic mass is 32.1. The molecule has 0 radical (unpaired) electrons. The number of hydrogen-bond donors (Lipinski definition) is 3. The first-order chi connectivity index (χ1) is 13.3. The van der Waals surface area contributed by atoms with Gasteiger partial charge in [-0.3, -0.25) is 4.99 Å². The van der Waals surface area contributed by atoms with Crippen LogP contribution >= 0.6 is 11.3 Å². The Hall–Kier alpha value is -2.80. The molecule has 0 fully saturated rings. The Morgan fingerprint density at radius 3 is 2.85 bits per heavy atom. The standard InChI is InChI=1S/C20H26N6S/c21-20(23-10-4-6-17-14-22-16-25-17)24-11-12-26(15-19-9-5-13-27-19)18-7-2-1-3-8-18/h1-3,5,7-9,13-14,16H,4,6,10-12,15H2,(H,22,25)(H3,21,23,24). The molecule has 0 aliphatic heterocycles. The fourth-order valence-electron chi connectivity index (χ4n) is 2.79. The first-order valence-corrected chi connectivity index (χ1v) is 10.0. The second kappa shape index (κ2) is 10.4. The predicted molar refractivity (Wildman–Crippen MR) is 113 cm³/mol. The van der Waals surface area contributed by atoms with Gasteiger partial charge >= 0.3 is 0 Å². The lowest BCUT2D eigenvalue weighted by Crippen LogP contribution is -2.38. The maximum atomic E-state index is 6.00. The Labute approximate surface area is 164 Å². The van der Waals surface area contributed by atoms with Gasteiger partial charge in [0.1, 0.15) is 0 Å². The summed E-state index contributed by atoms with van der Waals surface area (Å²) >= 11 is 1.78. The quantitative estimate of drug-likeness (QED) is 0.286. The van der Waals surface area contributed by atoms with Gasteiger partial charge in [0.2, 0.25) is 0 Å². The van der Waals surface area contributed by atoms with E-state index in [-0.39, 0.29) is 0 Å². The van der Waals surface area contributed by atoms with Gasteiger partial charge in [-0.25, -0.2) is 4.98 Å². The molecule has 0 aliphatic carbocycles. The van der Waals surface area contributed by atoms with Gasteiger partial charge in [0.25, 0.3) is 0 Å². The summed E-state index contributed by atoms with van der Waals surface area (Å²) in [4.78, 5) is 15.2. The second-order valence-electron chi connectivity index (χ2n) is 6.21. The molecule has 2 heterocycles. The summed E-state index contributed by atoms with van der Waals surface area (Å²) in [5.41, 5.74) is 8.34. The molecule has 6 nitrogen and oxygen atoms in total. The fourth-order valence-corrected chi connectivity index (χ4v) is 3.51. The molecule has 2 aromatic heterocycles. The number of nitrogens with two attached hydrogens (primary N) is 1. The van der Waals surface area contributed by atoms with Crippen LogP contribution in [0.4, 0.5) is 5.69 Å². The van der Waals surface area contributed by atoms with Gasteiger partial charge in [-0.15, -0.1) is 11.3 Å². The Bertz CT molecular complexity index is 783. The number of imidazole rings is 1. The molecule has 0 atom stereocenters. The number of nitrogens with one attached hydrogen (secondary N) is 2. The minimum absolute atomic E-state index is 0.503. The Balaban J connectivity index is 1.44.